The zero-order valence-electron chi connectivity index (χ0n) is 17.3. The van der Waals surface area contributed by atoms with Gasteiger partial charge in [0.1, 0.15) is 11.2 Å². The lowest BCUT2D eigenvalue weighted by atomic mass is 9.96. The molecule has 0 spiro atoms. The van der Waals surface area contributed by atoms with E-state index in [1.54, 1.807) is 4.90 Å². The molecule has 2 aliphatic rings. The molecule has 0 bridgehead atoms. The molecule has 172 valence electrons. The van der Waals surface area contributed by atoms with Crippen LogP contribution < -0.4 is 10.2 Å². The number of nitrogens with zero attached hydrogens (tertiary/aromatic N) is 5. The highest BCUT2D eigenvalue weighted by Crippen LogP contribution is 2.35. The fourth-order valence-electron chi connectivity index (χ4n) is 4.18. The van der Waals surface area contributed by atoms with Crippen molar-refractivity contribution in [2.75, 3.05) is 36.4 Å². The molecule has 2 fully saturated rings. The Kier molecular flexibility index (Phi) is 6.67. The van der Waals surface area contributed by atoms with E-state index in [0.29, 0.717) is 49.8 Å². The fraction of sp³-hybridized carbons (Fsp3) is 0.526. The van der Waals surface area contributed by atoms with E-state index in [0.717, 1.165) is 25.3 Å². The molecule has 3 heterocycles. The van der Waals surface area contributed by atoms with Crippen molar-refractivity contribution in [2.24, 2.45) is 5.92 Å². The van der Waals surface area contributed by atoms with E-state index < -0.39 is 14.9 Å². The van der Waals surface area contributed by atoms with Crippen LogP contribution in [0.1, 0.15) is 32.1 Å². The van der Waals surface area contributed by atoms with Gasteiger partial charge in [-0.05, 0) is 37.8 Å². The van der Waals surface area contributed by atoms with Crippen LogP contribution in [0.2, 0.25) is 0 Å². The number of nitrogens with one attached hydrogen (secondary N) is 1. The first-order chi connectivity index (χ1) is 15.4. The van der Waals surface area contributed by atoms with Gasteiger partial charge < -0.3 is 10.2 Å². The van der Waals surface area contributed by atoms with Crippen molar-refractivity contribution in [3.63, 3.8) is 0 Å². The summed E-state index contributed by atoms with van der Waals surface area (Å²) < 4.78 is 27.3. The maximum Gasteiger partial charge on any atom is 0.293 e. The highest BCUT2D eigenvalue weighted by atomic mass is 32.2. The van der Waals surface area contributed by atoms with Crippen LogP contribution >= 0.6 is 11.3 Å². The lowest BCUT2D eigenvalue weighted by molar-refractivity contribution is -0.384. The smallest absolute Gasteiger partial charge is 0.293 e. The van der Waals surface area contributed by atoms with Crippen LogP contribution in [0.3, 0.4) is 0 Å². The predicted octanol–water partition coefficient (Wildman–Crippen LogP) is 2.48. The van der Waals surface area contributed by atoms with Crippen molar-refractivity contribution in [2.45, 2.75) is 37.0 Å². The topological polar surface area (TPSA) is 139 Å². The molecule has 4 rings (SSSR count). The zero-order chi connectivity index (χ0) is 22.7. The van der Waals surface area contributed by atoms with Crippen molar-refractivity contribution < 1.29 is 18.1 Å². The van der Waals surface area contributed by atoms with Crippen LogP contribution in [-0.2, 0) is 14.8 Å². The Morgan fingerprint density at radius 3 is 2.66 bits per heavy atom. The van der Waals surface area contributed by atoms with Gasteiger partial charge in [0.2, 0.25) is 21.1 Å². The number of carbonyl (C=O) groups excluding carboxylic acids is 1. The summed E-state index contributed by atoms with van der Waals surface area (Å²) in [5, 5.41) is 22.5. The van der Waals surface area contributed by atoms with E-state index in [9.17, 15) is 23.3 Å². The van der Waals surface area contributed by atoms with E-state index in [1.807, 2.05) is 0 Å². The summed E-state index contributed by atoms with van der Waals surface area (Å²) in [6, 6.07) is 4.06. The van der Waals surface area contributed by atoms with E-state index in [2.05, 4.69) is 15.5 Å². The number of anilines is 2. The standard InChI is InChI=1S/C19H24N6O5S2/c26-18(21-19-22-20-13-31-19)14-5-4-8-23(12-14)16-7-6-15(11-17(16)25(27)28)32(29,30)24-9-2-1-3-10-24/h6-7,11,13-14H,1-5,8-10,12H2,(H,21,22,26)/t14-/m1/s1. The minimum absolute atomic E-state index is 0.0718. The van der Waals surface area contributed by atoms with Crippen molar-refractivity contribution in [3.8, 4) is 0 Å². The Balaban J connectivity index is 1.56. The van der Waals surface area contributed by atoms with Crippen LogP contribution in [-0.4, -0.2) is 59.9 Å². The highest BCUT2D eigenvalue weighted by Gasteiger charge is 2.32. The maximum absolute atomic E-state index is 13.0. The average molecular weight is 481 g/mol. The van der Waals surface area contributed by atoms with Crippen LogP contribution in [0.4, 0.5) is 16.5 Å². The molecule has 13 heteroatoms. The number of hydrogen-bond acceptors (Lipinski definition) is 9. The lowest BCUT2D eigenvalue weighted by Crippen LogP contribution is -2.41. The van der Waals surface area contributed by atoms with Gasteiger partial charge in [-0.1, -0.05) is 17.8 Å². The average Bonchev–Trinajstić information content (AvgIpc) is 3.32. The molecule has 1 aromatic heterocycles. The van der Waals surface area contributed by atoms with Gasteiger partial charge in [0.25, 0.3) is 5.69 Å². The SMILES string of the molecule is O=C(Nc1nncs1)[C@@H]1CCCN(c2ccc(S(=O)(=O)N3CCCCC3)cc2[N+](=O)[O-])C1. The molecule has 0 unspecified atom stereocenters. The first-order valence-corrected chi connectivity index (χ1v) is 12.8. The van der Waals surface area contributed by atoms with Crippen molar-refractivity contribution in [1.29, 1.82) is 0 Å². The molecular weight excluding hydrogens is 456 g/mol. The summed E-state index contributed by atoms with van der Waals surface area (Å²) in [7, 11) is -3.78. The van der Waals surface area contributed by atoms with Crippen molar-refractivity contribution >= 4 is 43.8 Å². The number of nitro groups is 1. The monoisotopic (exact) mass is 480 g/mol. The quantitative estimate of drug-likeness (QED) is 0.491. The fourth-order valence-corrected chi connectivity index (χ4v) is 6.16. The van der Waals surface area contributed by atoms with Crippen LogP contribution in [0, 0.1) is 16.0 Å². The molecule has 1 N–H and O–H groups in total. The number of benzene rings is 1. The molecule has 0 saturated carbocycles. The van der Waals surface area contributed by atoms with Crippen LogP contribution in [0.25, 0.3) is 0 Å². The summed E-state index contributed by atoms with van der Waals surface area (Å²) in [5.41, 5.74) is 1.57. The molecule has 1 atom stereocenters. The molecule has 2 aromatic rings. The maximum atomic E-state index is 13.0. The second-order valence-electron chi connectivity index (χ2n) is 7.89. The number of aromatic nitrogens is 2. The third-order valence-electron chi connectivity index (χ3n) is 5.82. The molecule has 2 saturated heterocycles. The summed E-state index contributed by atoms with van der Waals surface area (Å²) in [6.07, 6.45) is 3.88. The first kappa shape index (κ1) is 22.6. The van der Waals surface area contributed by atoms with E-state index in [1.165, 1.54) is 33.3 Å². The lowest BCUT2D eigenvalue weighted by Gasteiger charge is -2.33. The second kappa shape index (κ2) is 9.46. The number of rotatable bonds is 6. The number of piperidine rings is 2. The molecule has 2 aliphatic heterocycles. The number of nitro benzene ring substituents is 1. The molecule has 0 radical (unpaired) electrons. The Hall–Kier alpha value is -2.64. The summed E-state index contributed by atoms with van der Waals surface area (Å²) >= 11 is 1.22. The zero-order valence-corrected chi connectivity index (χ0v) is 19.0. The van der Waals surface area contributed by atoms with Gasteiger partial charge in [0, 0.05) is 32.2 Å². The van der Waals surface area contributed by atoms with Gasteiger partial charge in [-0.25, -0.2) is 8.42 Å². The third-order valence-corrected chi connectivity index (χ3v) is 8.32. The third kappa shape index (κ3) is 4.74. The molecule has 0 aliphatic carbocycles. The molecule has 32 heavy (non-hydrogen) atoms. The van der Waals surface area contributed by atoms with E-state index in [-0.39, 0.29) is 22.4 Å². The second-order valence-corrected chi connectivity index (χ2v) is 10.7. The Morgan fingerprint density at radius 2 is 1.97 bits per heavy atom. The van der Waals surface area contributed by atoms with Crippen molar-refractivity contribution in [3.05, 3.63) is 33.8 Å². The Labute approximate surface area is 189 Å². The van der Waals surface area contributed by atoms with Crippen LogP contribution in [0.15, 0.2) is 28.6 Å². The largest absolute Gasteiger partial charge is 0.365 e. The summed E-state index contributed by atoms with van der Waals surface area (Å²) in [6.45, 7) is 1.69. The molecule has 1 aromatic carbocycles. The van der Waals surface area contributed by atoms with E-state index >= 15 is 0 Å². The Morgan fingerprint density at radius 1 is 1.19 bits per heavy atom. The van der Waals surface area contributed by atoms with E-state index in [4.69, 9.17) is 0 Å². The molecule has 11 nitrogen and oxygen atoms in total. The van der Waals surface area contributed by atoms with Gasteiger partial charge in [0.15, 0.2) is 0 Å². The van der Waals surface area contributed by atoms with Gasteiger partial charge in [-0.15, -0.1) is 10.2 Å². The van der Waals surface area contributed by atoms with Gasteiger partial charge in [0.05, 0.1) is 15.7 Å². The minimum atomic E-state index is -3.78. The van der Waals surface area contributed by atoms with Gasteiger partial charge in [-0.2, -0.15) is 4.31 Å². The number of amides is 1. The number of hydrogen-bond donors (Lipinski definition) is 1. The highest BCUT2D eigenvalue weighted by molar-refractivity contribution is 7.89. The summed E-state index contributed by atoms with van der Waals surface area (Å²) in [4.78, 5) is 25.6. The predicted molar refractivity (Wildman–Crippen MR) is 119 cm³/mol. The molecule has 1 amide bonds. The number of sulfonamides is 1. The van der Waals surface area contributed by atoms with Crippen LogP contribution in [0.5, 0.6) is 0 Å². The van der Waals surface area contributed by atoms with Crippen molar-refractivity contribution in [1.82, 2.24) is 14.5 Å². The molecular formula is C19H24N6O5S2. The first-order valence-electron chi connectivity index (χ1n) is 10.5. The minimum Gasteiger partial charge on any atom is -0.365 e. The Bertz CT molecular complexity index is 1090. The number of carbonyl (C=O) groups is 1. The summed E-state index contributed by atoms with van der Waals surface area (Å²) in [5.74, 6) is -0.581. The van der Waals surface area contributed by atoms with Gasteiger partial charge in [-0.3, -0.25) is 14.9 Å². The normalized spacial score (nSPS) is 20.1. The van der Waals surface area contributed by atoms with Gasteiger partial charge >= 0.3 is 0 Å².